The fraction of sp³-hybridized carbons (Fsp3) is 0.200. The molecule has 2 atom stereocenters. The van der Waals surface area contributed by atoms with Crippen LogP contribution in [0.25, 0.3) is 0 Å². The predicted molar refractivity (Wildman–Crippen MR) is 107 cm³/mol. The molecule has 150 valence electrons. The summed E-state index contributed by atoms with van der Waals surface area (Å²) in [6, 6.07) is 15.6. The second-order valence-corrected chi connectivity index (χ2v) is 7.48. The van der Waals surface area contributed by atoms with Crippen LogP contribution in [0.3, 0.4) is 0 Å². The lowest BCUT2D eigenvalue weighted by Crippen LogP contribution is -2.47. The Morgan fingerprint density at radius 2 is 1.76 bits per heavy atom. The van der Waals surface area contributed by atoms with Gasteiger partial charge in [-0.25, -0.2) is 0 Å². The molecule has 9 heteroatoms. The third-order valence-corrected chi connectivity index (χ3v) is 5.35. The number of benzene rings is 2. The summed E-state index contributed by atoms with van der Waals surface area (Å²) in [5.41, 5.74) is 5.54. The molecule has 0 fully saturated rings. The minimum absolute atomic E-state index is 0.182. The van der Waals surface area contributed by atoms with Crippen molar-refractivity contribution in [2.24, 2.45) is 0 Å². The van der Waals surface area contributed by atoms with Crippen LogP contribution in [-0.4, -0.2) is 35.0 Å². The highest BCUT2D eigenvalue weighted by molar-refractivity contribution is 8.01. The summed E-state index contributed by atoms with van der Waals surface area (Å²) in [5.74, 6) is -2.16. The van der Waals surface area contributed by atoms with Gasteiger partial charge in [0.05, 0.1) is 17.4 Å². The van der Waals surface area contributed by atoms with Gasteiger partial charge in [-0.2, -0.15) is 0 Å². The number of nitrogens with one attached hydrogen (secondary N) is 3. The second-order valence-electron chi connectivity index (χ2n) is 6.24. The third kappa shape index (κ3) is 5.35. The highest BCUT2D eigenvalue weighted by atomic mass is 32.2. The number of hydrogen-bond acceptors (Lipinski definition) is 6. The number of ether oxygens (including phenoxy) is 1. The van der Waals surface area contributed by atoms with Crippen LogP contribution >= 0.6 is 11.8 Å². The fourth-order valence-corrected chi connectivity index (χ4v) is 3.65. The number of rotatable bonds is 5. The lowest BCUT2D eigenvalue weighted by atomic mass is 10.2. The quantitative estimate of drug-likeness (QED) is 0.510. The lowest BCUT2D eigenvalue weighted by molar-refractivity contribution is -0.155. The van der Waals surface area contributed by atoms with Gasteiger partial charge in [-0.3, -0.25) is 30.0 Å². The number of amides is 3. The van der Waals surface area contributed by atoms with Crippen molar-refractivity contribution < 1.29 is 23.9 Å². The van der Waals surface area contributed by atoms with E-state index in [4.69, 9.17) is 4.74 Å². The first-order chi connectivity index (χ1) is 13.9. The molecular formula is C20H19N3O5S. The Morgan fingerprint density at radius 1 is 1.07 bits per heavy atom. The van der Waals surface area contributed by atoms with Gasteiger partial charge in [0.15, 0.2) is 6.10 Å². The molecule has 0 radical (unpaired) electrons. The number of anilines is 1. The average Bonchev–Trinajstić information content (AvgIpc) is 2.72. The Kier molecular flexibility index (Phi) is 6.50. The van der Waals surface area contributed by atoms with Crippen LogP contribution in [0.5, 0.6) is 0 Å². The van der Waals surface area contributed by atoms with Crippen molar-refractivity contribution in [2.75, 3.05) is 5.32 Å². The number of carbonyl (C=O) groups excluding carboxylic acids is 4. The zero-order valence-electron chi connectivity index (χ0n) is 15.5. The summed E-state index contributed by atoms with van der Waals surface area (Å²) in [6.45, 7) is 1.38. The molecule has 3 amide bonds. The maximum atomic E-state index is 12.2. The Balaban J connectivity index is 1.47. The fourth-order valence-electron chi connectivity index (χ4n) is 2.56. The van der Waals surface area contributed by atoms with Gasteiger partial charge in [0.2, 0.25) is 5.91 Å². The number of thioether (sulfide) groups is 1. The van der Waals surface area contributed by atoms with Gasteiger partial charge in [0.1, 0.15) is 0 Å². The molecule has 0 saturated heterocycles. The van der Waals surface area contributed by atoms with Crippen molar-refractivity contribution in [1.82, 2.24) is 10.9 Å². The van der Waals surface area contributed by atoms with E-state index in [-0.39, 0.29) is 12.3 Å². The molecule has 2 aromatic rings. The SMILES string of the molecule is C[C@H](OC(=O)C[C@H]1Sc2ccccc2NC1=O)C(=O)NNC(=O)c1ccccc1. The zero-order chi connectivity index (χ0) is 20.8. The summed E-state index contributed by atoms with van der Waals surface area (Å²) in [6.07, 6.45) is -1.32. The Morgan fingerprint density at radius 3 is 2.52 bits per heavy atom. The van der Waals surface area contributed by atoms with E-state index >= 15 is 0 Å². The molecule has 2 aromatic carbocycles. The number of hydrazine groups is 1. The van der Waals surface area contributed by atoms with Gasteiger partial charge in [-0.1, -0.05) is 30.3 Å². The van der Waals surface area contributed by atoms with Gasteiger partial charge in [0.25, 0.3) is 11.8 Å². The summed E-state index contributed by atoms with van der Waals surface area (Å²) >= 11 is 1.27. The number of para-hydroxylation sites is 1. The molecule has 8 nitrogen and oxygen atoms in total. The lowest BCUT2D eigenvalue weighted by Gasteiger charge is -2.23. The first-order valence-corrected chi connectivity index (χ1v) is 9.73. The number of esters is 1. The standard InChI is InChI=1S/C20H19N3O5S/c1-12(18(25)22-23-19(26)13-7-3-2-4-8-13)28-17(24)11-16-20(27)21-14-9-5-6-10-15(14)29-16/h2-10,12,16H,11H2,1H3,(H,21,27)(H,22,25)(H,23,26)/t12-,16+/m0/s1. The van der Waals surface area contributed by atoms with Crippen LogP contribution in [0.15, 0.2) is 59.5 Å². The van der Waals surface area contributed by atoms with Gasteiger partial charge in [0, 0.05) is 10.5 Å². The molecule has 29 heavy (non-hydrogen) atoms. The van der Waals surface area contributed by atoms with Crippen LogP contribution in [0, 0.1) is 0 Å². The highest BCUT2D eigenvalue weighted by Crippen LogP contribution is 2.36. The van der Waals surface area contributed by atoms with Crippen molar-refractivity contribution in [3.63, 3.8) is 0 Å². The second kappa shape index (κ2) is 9.24. The first kappa shape index (κ1) is 20.4. The molecule has 1 heterocycles. The first-order valence-electron chi connectivity index (χ1n) is 8.85. The zero-order valence-corrected chi connectivity index (χ0v) is 16.3. The molecule has 3 rings (SSSR count). The van der Waals surface area contributed by atoms with Gasteiger partial charge in [-0.15, -0.1) is 11.8 Å². The Bertz CT molecular complexity index is 935. The van der Waals surface area contributed by atoms with E-state index in [0.29, 0.717) is 11.3 Å². The number of fused-ring (bicyclic) bond motifs is 1. The third-order valence-electron chi connectivity index (χ3n) is 4.07. The average molecular weight is 413 g/mol. The van der Waals surface area contributed by atoms with Gasteiger partial charge in [-0.05, 0) is 31.2 Å². The summed E-state index contributed by atoms with van der Waals surface area (Å²) in [4.78, 5) is 49.1. The molecule has 0 aromatic heterocycles. The molecule has 3 N–H and O–H groups in total. The largest absolute Gasteiger partial charge is 0.452 e. The van der Waals surface area contributed by atoms with Gasteiger partial charge >= 0.3 is 5.97 Å². The van der Waals surface area contributed by atoms with Crippen LogP contribution in [0.4, 0.5) is 5.69 Å². The number of carbonyl (C=O) groups is 4. The van der Waals surface area contributed by atoms with Crippen LogP contribution in [0.1, 0.15) is 23.7 Å². The molecule has 0 saturated carbocycles. The molecule has 0 bridgehead atoms. The maximum Gasteiger partial charge on any atom is 0.308 e. The topological polar surface area (TPSA) is 114 Å². The normalized spacial score (nSPS) is 16.0. The van der Waals surface area contributed by atoms with E-state index in [9.17, 15) is 19.2 Å². The van der Waals surface area contributed by atoms with Crippen molar-refractivity contribution >= 4 is 41.1 Å². The van der Waals surface area contributed by atoms with E-state index in [2.05, 4.69) is 16.2 Å². The Labute approximate surface area is 171 Å². The summed E-state index contributed by atoms with van der Waals surface area (Å²) < 4.78 is 5.09. The summed E-state index contributed by atoms with van der Waals surface area (Å²) in [7, 11) is 0. The highest BCUT2D eigenvalue weighted by Gasteiger charge is 2.30. The van der Waals surface area contributed by atoms with Crippen molar-refractivity contribution in [1.29, 1.82) is 0 Å². The molecule has 0 aliphatic carbocycles. The van der Waals surface area contributed by atoms with Crippen molar-refractivity contribution in [3.8, 4) is 0 Å². The van der Waals surface area contributed by atoms with Crippen LogP contribution in [0.2, 0.25) is 0 Å². The van der Waals surface area contributed by atoms with Crippen LogP contribution < -0.4 is 16.2 Å². The number of hydrogen-bond donors (Lipinski definition) is 3. The molecule has 0 spiro atoms. The smallest absolute Gasteiger partial charge is 0.308 e. The van der Waals surface area contributed by atoms with Crippen molar-refractivity contribution in [2.45, 2.75) is 29.6 Å². The monoisotopic (exact) mass is 413 g/mol. The van der Waals surface area contributed by atoms with E-state index in [1.54, 1.807) is 36.4 Å². The Hall–Kier alpha value is -3.33. The predicted octanol–water partition coefficient (Wildman–Crippen LogP) is 1.88. The maximum absolute atomic E-state index is 12.2. The minimum Gasteiger partial charge on any atom is -0.452 e. The summed E-state index contributed by atoms with van der Waals surface area (Å²) in [5, 5.41) is 2.10. The van der Waals surface area contributed by atoms with Gasteiger partial charge < -0.3 is 10.1 Å². The van der Waals surface area contributed by atoms with E-state index in [1.165, 1.54) is 18.7 Å². The van der Waals surface area contributed by atoms with Crippen molar-refractivity contribution in [3.05, 3.63) is 60.2 Å². The van der Waals surface area contributed by atoms with E-state index in [0.717, 1.165) is 4.90 Å². The van der Waals surface area contributed by atoms with E-state index in [1.807, 2.05) is 18.2 Å². The molecule has 1 aliphatic heterocycles. The molecular weight excluding hydrogens is 394 g/mol. The minimum atomic E-state index is -1.14. The molecule has 0 unspecified atom stereocenters. The van der Waals surface area contributed by atoms with E-state index < -0.39 is 29.1 Å². The molecule has 1 aliphatic rings. The van der Waals surface area contributed by atoms with Crippen LogP contribution in [-0.2, 0) is 19.1 Å².